The summed E-state index contributed by atoms with van der Waals surface area (Å²) >= 11 is 0. The molecule has 1 aromatic carbocycles. The number of nitrogens with one attached hydrogen (secondary N) is 1. The van der Waals surface area contributed by atoms with E-state index >= 15 is 4.39 Å². The molecular formula is C27H31FN8O3S. The molecule has 210 valence electrons. The van der Waals surface area contributed by atoms with Crippen LogP contribution in [-0.2, 0) is 17.1 Å². The molecule has 0 amide bonds. The van der Waals surface area contributed by atoms with Gasteiger partial charge in [-0.05, 0) is 18.5 Å². The number of piperazine rings is 1. The number of anilines is 2. The summed E-state index contributed by atoms with van der Waals surface area (Å²) in [4.78, 5) is 17.1. The molecule has 0 radical (unpaired) electrons. The Labute approximate surface area is 232 Å². The van der Waals surface area contributed by atoms with Crippen LogP contribution in [0.3, 0.4) is 0 Å². The van der Waals surface area contributed by atoms with Crippen LogP contribution < -0.4 is 14.4 Å². The van der Waals surface area contributed by atoms with Crippen LogP contribution in [0.2, 0.25) is 0 Å². The summed E-state index contributed by atoms with van der Waals surface area (Å²) < 4.78 is 50.8. The topological polar surface area (TPSA) is 118 Å². The maximum atomic E-state index is 15.1. The Hall–Kier alpha value is -4.10. The van der Waals surface area contributed by atoms with E-state index in [1.807, 2.05) is 36.2 Å². The third-order valence-electron chi connectivity index (χ3n) is 6.60. The molecule has 0 aliphatic carbocycles. The van der Waals surface area contributed by atoms with Crippen LogP contribution in [-0.4, -0.2) is 71.3 Å². The van der Waals surface area contributed by atoms with Gasteiger partial charge in [0.1, 0.15) is 4.90 Å². The van der Waals surface area contributed by atoms with Gasteiger partial charge in [0.15, 0.2) is 17.4 Å². The fourth-order valence-corrected chi connectivity index (χ4v) is 5.38. The normalized spacial score (nSPS) is 14.5. The van der Waals surface area contributed by atoms with E-state index < -0.39 is 15.8 Å². The van der Waals surface area contributed by atoms with Crippen molar-refractivity contribution in [2.24, 2.45) is 7.05 Å². The van der Waals surface area contributed by atoms with E-state index in [1.165, 1.54) is 29.3 Å². The first-order valence-electron chi connectivity index (χ1n) is 12.9. The molecule has 40 heavy (non-hydrogen) atoms. The summed E-state index contributed by atoms with van der Waals surface area (Å²) in [5.74, 6) is -0.123. The first-order chi connectivity index (χ1) is 19.1. The molecule has 1 fully saturated rings. The van der Waals surface area contributed by atoms with Crippen molar-refractivity contribution in [2.45, 2.75) is 24.7 Å². The van der Waals surface area contributed by atoms with Gasteiger partial charge in [-0.25, -0.2) is 27.5 Å². The summed E-state index contributed by atoms with van der Waals surface area (Å²) in [6.45, 7) is 7.09. The van der Waals surface area contributed by atoms with E-state index in [0.717, 1.165) is 24.2 Å². The number of pyridine rings is 1. The SMILES string of the molecule is CC(C)c1ccccc1-c1cc(Oc2cnc(N3CCN(C)CC3)c(F)c2)nc(NS(=O)(=O)c2cnn(C)c2)n1. The molecule has 5 rings (SSSR count). The van der Waals surface area contributed by atoms with E-state index in [4.69, 9.17) is 4.74 Å². The number of sulfonamides is 1. The monoisotopic (exact) mass is 566 g/mol. The average Bonchev–Trinajstić information content (AvgIpc) is 3.36. The molecule has 0 spiro atoms. The molecule has 1 aliphatic rings. The maximum Gasteiger partial charge on any atom is 0.267 e. The van der Waals surface area contributed by atoms with Gasteiger partial charge in [-0.1, -0.05) is 38.1 Å². The summed E-state index contributed by atoms with van der Waals surface area (Å²) in [7, 11) is -0.387. The maximum absolute atomic E-state index is 15.1. The lowest BCUT2D eigenvalue weighted by Crippen LogP contribution is -2.45. The van der Waals surface area contributed by atoms with Gasteiger partial charge < -0.3 is 14.5 Å². The predicted octanol–water partition coefficient (Wildman–Crippen LogP) is 3.88. The van der Waals surface area contributed by atoms with Crippen LogP contribution >= 0.6 is 0 Å². The van der Waals surface area contributed by atoms with Crippen molar-refractivity contribution in [3.63, 3.8) is 0 Å². The highest BCUT2D eigenvalue weighted by atomic mass is 32.2. The van der Waals surface area contributed by atoms with Crippen molar-refractivity contribution >= 4 is 21.8 Å². The molecule has 13 heteroatoms. The van der Waals surface area contributed by atoms with Gasteiger partial charge in [0, 0.05) is 57.1 Å². The van der Waals surface area contributed by atoms with Crippen molar-refractivity contribution < 1.29 is 17.5 Å². The molecule has 1 aliphatic heterocycles. The first-order valence-corrected chi connectivity index (χ1v) is 14.3. The number of hydrogen-bond donors (Lipinski definition) is 1. The van der Waals surface area contributed by atoms with Crippen LogP contribution in [0.5, 0.6) is 11.6 Å². The van der Waals surface area contributed by atoms with E-state index in [-0.39, 0.29) is 34.2 Å². The molecule has 1 N–H and O–H groups in total. The Morgan fingerprint density at radius 1 is 1.02 bits per heavy atom. The van der Waals surface area contributed by atoms with Crippen molar-refractivity contribution in [1.29, 1.82) is 0 Å². The lowest BCUT2D eigenvalue weighted by atomic mass is 9.95. The van der Waals surface area contributed by atoms with Crippen LogP contribution in [0, 0.1) is 5.82 Å². The zero-order valence-electron chi connectivity index (χ0n) is 22.7. The molecule has 0 saturated carbocycles. The van der Waals surface area contributed by atoms with Gasteiger partial charge in [-0.3, -0.25) is 4.68 Å². The standard InChI is InChI=1S/C27H31FN8O3S/c1-18(2)21-7-5-6-8-22(21)24-14-25(32-27(31-24)33-40(37,38)20-16-30-35(4)17-20)39-19-13-23(28)26(29-15-19)36-11-9-34(3)10-12-36/h5-8,13-18H,9-12H2,1-4H3,(H,31,32,33). The van der Waals surface area contributed by atoms with E-state index in [2.05, 4.69) is 43.5 Å². The minimum Gasteiger partial charge on any atom is -0.437 e. The summed E-state index contributed by atoms with van der Waals surface area (Å²) in [6, 6.07) is 10.5. The van der Waals surface area contributed by atoms with E-state index in [9.17, 15) is 8.42 Å². The smallest absolute Gasteiger partial charge is 0.267 e. The molecule has 0 atom stereocenters. The van der Waals surface area contributed by atoms with Gasteiger partial charge >= 0.3 is 0 Å². The highest BCUT2D eigenvalue weighted by molar-refractivity contribution is 7.92. The van der Waals surface area contributed by atoms with Crippen molar-refractivity contribution in [3.05, 3.63) is 66.4 Å². The van der Waals surface area contributed by atoms with Gasteiger partial charge in [0.25, 0.3) is 10.0 Å². The Bertz CT molecular complexity index is 1620. The number of aryl methyl sites for hydroxylation is 1. The molecule has 4 aromatic rings. The number of ether oxygens (including phenoxy) is 1. The Balaban J connectivity index is 1.50. The minimum atomic E-state index is -4.03. The molecule has 3 aromatic heterocycles. The molecule has 11 nitrogen and oxygen atoms in total. The number of aromatic nitrogens is 5. The number of rotatable bonds is 8. The second kappa shape index (κ2) is 11.2. The molecule has 1 saturated heterocycles. The zero-order valence-corrected chi connectivity index (χ0v) is 23.6. The molecule has 4 heterocycles. The Morgan fingerprint density at radius 3 is 2.45 bits per heavy atom. The lowest BCUT2D eigenvalue weighted by molar-refractivity contribution is 0.310. The Kier molecular flexibility index (Phi) is 7.68. The van der Waals surface area contributed by atoms with Crippen LogP contribution in [0.15, 0.2) is 59.9 Å². The highest BCUT2D eigenvalue weighted by Gasteiger charge is 2.22. The minimum absolute atomic E-state index is 0.0287. The third kappa shape index (κ3) is 6.05. The summed E-state index contributed by atoms with van der Waals surface area (Å²) in [5.41, 5.74) is 2.25. The largest absolute Gasteiger partial charge is 0.437 e. The van der Waals surface area contributed by atoms with Crippen molar-refractivity contribution in [2.75, 3.05) is 42.8 Å². The second-order valence-electron chi connectivity index (χ2n) is 9.98. The predicted molar refractivity (Wildman–Crippen MR) is 150 cm³/mol. The number of hydrogen-bond acceptors (Lipinski definition) is 9. The second-order valence-corrected chi connectivity index (χ2v) is 11.7. The van der Waals surface area contributed by atoms with Crippen LogP contribution in [0.25, 0.3) is 11.3 Å². The summed E-state index contributed by atoms with van der Waals surface area (Å²) in [5, 5.41) is 3.93. The van der Waals surface area contributed by atoms with E-state index in [0.29, 0.717) is 18.8 Å². The van der Waals surface area contributed by atoms with Crippen molar-refractivity contribution in [3.8, 4) is 22.9 Å². The van der Waals surface area contributed by atoms with Gasteiger partial charge in [-0.2, -0.15) is 10.1 Å². The Morgan fingerprint density at radius 2 is 1.77 bits per heavy atom. The third-order valence-corrected chi connectivity index (χ3v) is 7.88. The quantitative estimate of drug-likeness (QED) is 0.339. The zero-order chi connectivity index (χ0) is 28.4. The molecule has 0 bridgehead atoms. The lowest BCUT2D eigenvalue weighted by Gasteiger charge is -2.33. The number of nitrogens with zero attached hydrogens (tertiary/aromatic N) is 7. The van der Waals surface area contributed by atoms with Gasteiger partial charge in [0.2, 0.25) is 11.8 Å². The number of likely N-dealkylation sites (N-methyl/N-ethyl adjacent to an activating group) is 1. The van der Waals surface area contributed by atoms with Gasteiger partial charge in [-0.15, -0.1) is 0 Å². The first kappa shape index (κ1) is 27.5. The van der Waals surface area contributed by atoms with Gasteiger partial charge in [0.05, 0.1) is 18.1 Å². The van der Waals surface area contributed by atoms with Crippen LogP contribution in [0.4, 0.5) is 16.2 Å². The number of halogens is 1. The highest BCUT2D eigenvalue weighted by Crippen LogP contribution is 2.32. The molecular weight excluding hydrogens is 535 g/mol. The fraction of sp³-hybridized carbons (Fsp3) is 0.333. The average molecular weight is 567 g/mol. The van der Waals surface area contributed by atoms with Crippen molar-refractivity contribution in [1.82, 2.24) is 29.6 Å². The summed E-state index contributed by atoms with van der Waals surface area (Å²) in [6.07, 6.45) is 4.03. The number of benzene rings is 1. The molecule has 0 unspecified atom stereocenters. The fourth-order valence-electron chi connectivity index (χ4n) is 4.45. The van der Waals surface area contributed by atoms with Crippen LogP contribution in [0.1, 0.15) is 25.3 Å². The van der Waals surface area contributed by atoms with E-state index in [1.54, 1.807) is 13.1 Å².